The first-order valence-corrected chi connectivity index (χ1v) is 6.27. The quantitative estimate of drug-likeness (QED) is 0.616. The van der Waals surface area contributed by atoms with Crippen LogP contribution in [0.15, 0.2) is 48.1 Å². The fourth-order valence-corrected chi connectivity index (χ4v) is 3.80. The smallest absolute Gasteiger partial charge is 0.165 e. The van der Waals surface area contributed by atoms with Crippen LogP contribution in [0.2, 0.25) is 0 Å². The van der Waals surface area contributed by atoms with Gasteiger partial charge in [0, 0.05) is 23.7 Å². The first-order chi connectivity index (χ1) is 8.27. The number of carbonyl (C=O) groups is 1. The second-order valence-electron chi connectivity index (χ2n) is 5.38. The third kappa shape index (κ3) is 1.02. The van der Waals surface area contributed by atoms with Gasteiger partial charge in [-0.2, -0.15) is 0 Å². The maximum atomic E-state index is 12.3. The first kappa shape index (κ1) is 9.41. The highest BCUT2D eigenvalue weighted by Crippen LogP contribution is 2.59. The summed E-state index contributed by atoms with van der Waals surface area (Å²) < 4.78 is 0. The van der Waals surface area contributed by atoms with E-state index in [0.29, 0.717) is 23.5 Å². The summed E-state index contributed by atoms with van der Waals surface area (Å²) in [6.07, 6.45) is 6.53. The Balaban J connectivity index is 1.92. The van der Waals surface area contributed by atoms with E-state index in [2.05, 4.69) is 42.5 Å². The number of Topliss-reactive ketones (excluding diaryl/α,β-unsaturated/α-hetero) is 1. The van der Waals surface area contributed by atoms with E-state index in [4.69, 9.17) is 0 Å². The Hall–Kier alpha value is -1.63. The Morgan fingerprint density at radius 1 is 1.00 bits per heavy atom. The van der Waals surface area contributed by atoms with Crippen molar-refractivity contribution in [2.75, 3.05) is 0 Å². The lowest BCUT2D eigenvalue weighted by Gasteiger charge is -2.46. The van der Waals surface area contributed by atoms with Crippen molar-refractivity contribution in [3.63, 3.8) is 0 Å². The van der Waals surface area contributed by atoms with Crippen molar-refractivity contribution in [2.24, 2.45) is 11.8 Å². The molecule has 0 aliphatic heterocycles. The van der Waals surface area contributed by atoms with Crippen molar-refractivity contribution in [3.8, 4) is 0 Å². The molecule has 0 amide bonds. The van der Waals surface area contributed by atoms with Crippen LogP contribution in [0.1, 0.15) is 29.9 Å². The van der Waals surface area contributed by atoms with Crippen molar-refractivity contribution in [1.82, 2.24) is 0 Å². The van der Waals surface area contributed by atoms with Crippen LogP contribution in [0.3, 0.4) is 0 Å². The van der Waals surface area contributed by atoms with Gasteiger partial charge in [0.2, 0.25) is 0 Å². The number of benzene rings is 1. The van der Waals surface area contributed by atoms with Gasteiger partial charge in [0.05, 0.1) is 0 Å². The summed E-state index contributed by atoms with van der Waals surface area (Å²) in [6, 6.07) is 8.60. The van der Waals surface area contributed by atoms with E-state index < -0.39 is 0 Å². The molecule has 0 fully saturated rings. The van der Waals surface area contributed by atoms with Crippen molar-refractivity contribution in [1.29, 1.82) is 0 Å². The maximum absolute atomic E-state index is 12.3. The molecule has 0 saturated heterocycles. The van der Waals surface area contributed by atoms with Crippen LogP contribution >= 0.6 is 0 Å². The lowest BCUT2D eigenvalue weighted by molar-refractivity contribution is -0.118. The van der Waals surface area contributed by atoms with Gasteiger partial charge in [-0.25, -0.2) is 0 Å². The molecule has 84 valence electrons. The lowest BCUT2D eigenvalue weighted by atomic mass is 9.56. The zero-order valence-corrected chi connectivity index (χ0v) is 9.76. The molecule has 2 bridgehead atoms. The number of allylic oxidation sites excluding steroid dienone is 4. The van der Waals surface area contributed by atoms with Crippen LogP contribution < -0.4 is 0 Å². The molecular weight excluding hydrogens is 208 g/mol. The fraction of sp³-hybridized carbons (Fsp3) is 0.312. The van der Waals surface area contributed by atoms with Crippen molar-refractivity contribution in [3.05, 3.63) is 59.2 Å². The number of hydrogen-bond acceptors (Lipinski definition) is 1. The van der Waals surface area contributed by atoms with Crippen LogP contribution in [0.25, 0.3) is 0 Å². The van der Waals surface area contributed by atoms with Gasteiger partial charge in [-0.3, -0.25) is 4.79 Å². The molecule has 17 heavy (non-hydrogen) atoms. The Bertz CT molecular complexity index is 579. The molecule has 0 radical (unpaired) electrons. The molecule has 0 N–H and O–H groups in total. The molecule has 4 atom stereocenters. The fourth-order valence-electron chi connectivity index (χ4n) is 3.80. The minimum Gasteiger partial charge on any atom is -0.294 e. The topological polar surface area (TPSA) is 17.1 Å². The van der Waals surface area contributed by atoms with E-state index in [1.165, 1.54) is 11.1 Å². The average molecular weight is 222 g/mol. The highest BCUT2D eigenvalue weighted by Gasteiger charge is 2.50. The summed E-state index contributed by atoms with van der Waals surface area (Å²) in [5.74, 6) is 1.82. The summed E-state index contributed by atoms with van der Waals surface area (Å²) >= 11 is 0. The molecule has 5 rings (SSSR count). The SMILES string of the molecule is CC1=C[C@H]2C=C[C@@H](C1=O)[C@@H]1c3ccccc3[C@H]21. The van der Waals surface area contributed by atoms with E-state index >= 15 is 0 Å². The molecule has 0 spiro atoms. The van der Waals surface area contributed by atoms with Gasteiger partial charge >= 0.3 is 0 Å². The van der Waals surface area contributed by atoms with Crippen LogP contribution in [0.4, 0.5) is 0 Å². The van der Waals surface area contributed by atoms with Gasteiger partial charge in [0.1, 0.15) is 0 Å². The normalized spacial score (nSPS) is 36.8. The van der Waals surface area contributed by atoms with Crippen LogP contribution in [-0.4, -0.2) is 5.78 Å². The van der Waals surface area contributed by atoms with Gasteiger partial charge in [-0.1, -0.05) is 42.5 Å². The average Bonchev–Trinajstić information content (AvgIpc) is 2.50. The zero-order valence-electron chi connectivity index (χ0n) is 9.76. The molecule has 1 heteroatoms. The van der Waals surface area contributed by atoms with E-state index in [0.717, 1.165) is 5.57 Å². The number of rotatable bonds is 0. The molecule has 1 aromatic carbocycles. The number of carbonyl (C=O) groups excluding carboxylic acids is 1. The van der Waals surface area contributed by atoms with Gasteiger partial charge in [0.25, 0.3) is 0 Å². The first-order valence-electron chi connectivity index (χ1n) is 6.27. The largest absolute Gasteiger partial charge is 0.294 e. The molecule has 0 aromatic heterocycles. The highest BCUT2D eigenvalue weighted by molar-refractivity contribution is 6.00. The van der Waals surface area contributed by atoms with Gasteiger partial charge in [-0.05, 0) is 23.6 Å². The van der Waals surface area contributed by atoms with Gasteiger partial charge in [0.15, 0.2) is 5.78 Å². The molecule has 1 nitrogen and oxygen atoms in total. The second kappa shape index (κ2) is 2.98. The van der Waals surface area contributed by atoms with E-state index in [9.17, 15) is 4.79 Å². The summed E-state index contributed by atoms with van der Waals surface area (Å²) in [7, 11) is 0. The molecule has 1 aromatic rings. The van der Waals surface area contributed by atoms with Crippen LogP contribution in [0.5, 0.6) is 0 Å². The van der Waals surface area contributed by atoms with Crippen molar-refractivity contribution in [2.45, 2.75) is 18.8 Å². The third-order valence-corrected chi connectivity index (χ3v) is 4.58. The van der Waals surface area contributed by atoms with Gasteiger partial charge < -0.3 is 0 Å². The van der Waals surface area contributed by atoms with Crippen molar-refractivity contribution >= 4 is 5.78 Å². The Morgan fingerprint density at radius 2 is 1.71 bits per heavy atom. The van der Waals surface area contributed by atoms with E-state index in [-0.39, 0.29) is 5.92 Å². The monoisotopic (exact) mass is 222 g/mol. The third-order valence-electron chi connectivity index (χ3n) is 4.58. The minimum absolute atomic E-state index is 0.0879. The molecule has 0 saturated carbocycles. The minimum atomic E-state index is 0.0879. The molecular formula is C16H14O. The Morgan fingerprint density at radius 3 is 2.47 bits per heavy atom. The van der Waals surface area contributed by atoms with E-state index in [1.54, 1.807) is 0 Å². The second-order valence-corrected chi connectivity index (χ2v) is 5.38. The maximum Gasteiger partial charge on any atom is 0.165 e. The summed E-state index contributed by atoms with van der Waals surface area (Å²) in [6.45, 7) is 1.96. The van der Waals surface area contributed by atoms with E-state index in [1.807, 2.05) is 6.92 Å². The number of ketones is 1. The highest BCUT2D eigenvalue weighted by atomic mass is 16.1. The molecule has 4 aliphatic carbocycles. The summed E-state index contributed by atoms with van der Waals surface area (Å²) in [4.78, 5) is 12.3. The van der Waals surface area contributed by atoms with Crippen molar-refractivity contribution < 1.29 is 4.79 Å². The predicted molar refractivity (Wildman–Crippen MR) is 66.8 cm³/mol. The Kier molecular flexibility index (Phi) is 1.65. The predicted octanol–water partition coefficient (Wildman–Crippen LogP) is 3.20. The van der Waals surface area contributed by atoms with Crippen LogP contribution in [0, 0.1) is 11.8 Å². The standard InChI is InChI=1S/C16H14O/c1-9-8-10-6-7-13(16(9)17)15-12-5-3-2-4-11(12)14(10)15/h2-8,10,13-15H,1H3/t10-,13-,14+,15+/m1/s1. The molecule has 0 unspecified atom stereocenters. The van der Waals surface area contributed by atoms with Crippen LogP contribution in [-0.2, 0) is 4.79 Å². The molecule has 4 aliphatic rings. The Labute approximate surface area is 101 Å². The summed E-state index contributed by atoms with van der Waals surface area (Å²) in [5, 5.41) is 0. The number of fused-ring (bicyclic) bond motifs is 2. The molecule has 0 heterocycles. The lowest BCUT2D eigenvalue weighted by Crippen LogP contribution is -2.37. The van der Waals surface area contributed by atoms with Gasteiger partial charge in [-0.15, -0.1) is 0 Å². The number of hydrogen-bond donors (Lipinski definition) is 0. The summed E-state index contributed by atoms with van der Waals surface area (Å²) in [5.41, 5.74) is 3.80. The zero-order chi connectivity index (χ0) is 11.6.